The van der Waals surface area contributed by atoms with Gasteiger partial charge in [-0.3, -0.25) is 19.3 Å². The van der Waals surface area contributed by atoms with E-state index in [1.807, 2.05) is 44.2 Å². The Hall–Kier alpha value is -3.39. The van der Waals surface area contributed by atoms with E-state index in [1.54, 1.807) is 33.8 Å². The van der Waals surface area contributed by atoms with Crippen LogP contribution >= 0.6 is 23.2 Å². The van der Waals surface area contributed by atoms with Gasteiger partial charge in [-0.15, -0.1) is 0 Å². The number of halogens is 2. The Balaban J connectivity index is 1.31. The maximum Gasteiger partial charge on any atom is 0.254 e. The van der Waals surface area contributed by atoms with Crippen molar-refractivity contribution in [3.63, 3.8) is 0 Å². The monoisotopic (exact) mass is 634 g/mol. The van der Waals surface area contributed by atoms with Gasteiger partial charge in [0.05, 0.1) is 16.1 Å². The smallest absolute Gasteiger partial charge is 0.254 e. The zero-order valence-electron chi connectivity index (χ0n) is 25.6. The van der Waals surface area contributed by atoms with E-state index in [2.05, 4.69) is 29.2 Å². The first-order chi connectivity index (χ1) is 21.1. The van der Waals surface area contributed by atoms with Gasteiger partial charge in [0.1, 0.15) is 6.54 Å². The lowest BCUT2D eigenvalue weighted by molar-refractivity contribution is -0.145. The van der Waals surface area contributed by atoms with Crippen LogP contribution in [0.4, 0.5) is 0 Å². The average Bonchev–Trinajstić information content (AvgIpc) is 3.01. The van der Waals surface area contributed by atoms with Gasteiger partial charge in [-0.25, -0.2) is 0 Å². The number of aryl methyl sites for hydroxylation is 2. The largest absolute Gasteiger partial charge is 0.334 e. The second-order valence-corrected chi connectivity index (χ2v) is 12.9. The molecule has 0 aliphatic carbocycles. The van der Waals surface area contributed by atoms with Crippen LogP contribution < -0.4 is 0 Å². The number of amides is 3. The Kier molecular flexibility index (Phi) is 10.3. The Morgan fingerprint density at radius 2 is 1.52 bits per heavy atom. The normalized spacial score (nSPS) is 17.9. The van der Waals surface area contributed by atoms with Crippen molar-refractivity contribution in [1.82, 2.24) is 19.6 Å². The third-order valence-electron chi connectivity index (χ3n) is 8.74. The highest BCUT2D eigenvalue weighted by molar-refractivity contribution is 6.42. The zero-order chi connectivity index (χ0) is 31.4. The molecule has 0 radical (unpaired) electrons. The SMILES string of the molecule is CC(=O)N(CC(=O)N1CCN(C(=O)c2cc(C)cc(C)c2)CC1c1ccc(Cl)c(Cl)c1)C1CCN(Cc2ccccc2)CC1. The molecule has 3 aromatic carbocycles. The van der Waals surface area contributed by atoms with E-state index in [0.29, 0.717) is 35.2 Å². The van der Waals surface area contributed by atoms with Gasteiger partial charge in [-0.1, -0.05) is 76.8 Å². The highest BCUT2D eigenvalue weighted by atomic mass is 35.5. The second-order valence-electron chi connectivity index (χ2n) is 12.0. The minimum atomic E-state index is -0.428. The van der Waals surface area contributed by atoms with Gasteiger partial charge in [0.25, 0.3) is 5.91 Å². The van der Waals surface area contributed by atoms with Gasteiger partial charge in [0.15, 0.2) is 0 Å². The van der Waals surface area contributed by atoms with Crippen LogP contribution in [0.3, 0.4) is 0 Å². The van der Waals surface area contributed by atoms with E-state index in [4.69, 9.17) is 23.2 Å². The molecule has 9 heteroatoms. The van der Waals surface area contributed by atoms with Crippen molar-refractivity contribution in [3.8, 4) is 0 Å². The summed E-state index contributed by atoms with van der Waals surface area (Å²) in [6, 6.07) is 21.1. The molecule has 2 aliphatic heterocycles. The van der Waals surface area contributed by atoms with E-state index in [0.717, 1.165) is 49.2 Å². The Bertz CT molecular complexity index is 1490. The number of hydrogen-bond acceptors (Lipinski definition) is 4. The molecule has 2 fully saturated rings. The summed E-state index contributed by atoms with van der Waals surface area (Å²) in [5, 5.41) is 0.815. The van der Waals surface area contributed by atoms with Crippen molar-refractivity contribution in [3.05, 3.63) is 105 Å². The van der Waals surface area contributed by atoms with Gasteiger partial charge >= 0.3 is 0 Å². The fourth-order valence-electron chi connectivity index (χ4n) is 6.52. The molecule has 2 heterocycles. The summed E-state index contributed by atoms with van der Waals surface area (Å²) in [4.78, 5) is 48.2. The van der Waals surface area contributed by atoms with E-state index < -0.39 is 6.04 Å². The van der Waals surface area contributed by atoms with Crippen LogP contribution in [0.2, 0.25) is 10.0 Å². The number of hydrogen-bond donors (Lipinski definition) is 0. The molecule has 3 aromatic rings. The van der Waals surface area contributed by atoms with Gasteiger partial charge in [0.2, 0.25) is 11.8 Å². The van der Waals surface area contributed by atoms with Crippen molar-refractivity contribution in [2.75, 3.05) is 39.3 Å². The molecule has 3 amide bonds. The van der Waals surface area contributed by atoms with Gasteiger partial charge in [-0.05, 0) is 62.1 Å². The van der Waals surface area contributed by atoms with E-state index in [9.17, 15) is 14.4 Å². The summed E-state index contributed by atoms with van der Waals surface area (Å²) in [7, 11) is 0. The molecule has 5 rings (SSSR count). The number of carbonyl (C=O) groups excluding carboxylic acids is 3. The maximum atomic E-state index is 14.0. The second kappa shape index (κ2) is 14.1. The molecular formula is C35H40Cl2N4O3. The third-order valence-corrected chi connectivity index (χ3v) is 9.48. The fraction of sp³-hybridized carbons (Fsp3) is 0.400. The molecular weight excluding hydrogens is 595 g/mol. The topological polar surface area (TPSA) is 64.2 Å². The van der Waals surface area contributed by atoms with Gasteiger partial charge < -0.3 is 14.7 Å². The van der Waals surface area contributed by atoms with Crippen LogP contribution in [-0.4, -0.2) is 82.6 Å². The number of piperidine rings is 1. The maximum absolute atomic E-state index is 14.0. The molecule has 0 bridgehead atoms. The Labute approximate surface area is 270 Å². The molecule has 2 aliphatic rings. The lowest BCUT2D eigenvalue weighted by atomic mass is 9.99. The van der Waals surface area contributed by atoms with Crippen molar-refractivity contribution in [2.45, 2.75) is 52.2 Å². The molecule has 0 spiro atoms. The van der Waals surface area contributed by atoms with Crippen molar-refractivity contribution < 1.29 is 14.4 Å². The summed E-state index contributed by atoms with van der Waals surface area (Å²) >= 11 is 12.6. The van der Waals surface area contributed by atoms with Crippen LogP contribution in [0.25, 0.3) is 0 Å². The van der Waals surface area contributed by atoms with E-state index in [-0.39, 0.29) is 30.3 Å². The van der Waals surface area contributed by atoms with E-state index in [1.165, 1.54) is 5.56 Å². The summed E-state index contributed by atoms with van der Waals surface area (Å²) in [6.07, 6.45) is 1.63. The highest BCUT2D eigenvalue weighted by Gasteiger charge is 2.36. The van der Waals surface area contributed by atoms with Crippen LogP contribution in [0.5, 0.6) is 0 Å². The first-order valence-electron chi connectivity index (χ1n) is 15.2. The minimum absolute atomic E-state index is 0.000624. The number of benzene rings is 3. The van der Waals surface area contributed by atoms with Crippen LogP contribution in [-0.2, 0) is 16.1 Å². The van der Waals surface area contributed by atoms with Crippen molar-refractivity contribution in [1.29, 1.82) is 0 Å². The number of rotatable bonds is 7. The van der Waals surface area contributed by atoms with Crippen LogP contribution in [0.15, 0.2) is 66.7 Å². The number of nitrogens with zero attached hydrogens (tertiary/aromatic N) is 4. The Morgan fingerprint density at radius 1 is 0.841 bits per heavy atom. The molecule has 44 heavy (non-hydrogen) atoms. The zero-order valence-corrected chi connectivity index (χ0v) is 27.2. The third kappa shape index (κ3) is 7.63. The first-order valence-corrected chi connectivity index (χ1v) is 16.0. The Morgan fingerprint density at radius 3 is 2.16 bits per heavy atom. The van der Waals surface area contributed by atoms with Gasteiger partial charge in [0, 0.05) is 57.8 Å². The number of carbonyl (C=O) groups is 3. The lowest BCUT2D eigenvalue weighted by Crippen LogP contribution is -2.56. The predicted molar refractivity (Wildman–Crippen MR) is 175 cm³/mol. The molecule has 7 nitrogen and oxygen atoms in total. The molecule has 0 aromatic heterocycles. The van der Waals surface area contributed by atoms with Gasteiger partial charge in [-0.2, -0.15) is 0 Å². The average molecular weight is 636 g/mol. The summed E-state index contributed by atoms with van der Waals surface area (Å²) in [6.45, 7) is 9.16. The van der Waals surface area contributed by atoms with E-state index >= 15 is 0 Å². The number of likely N-dealkylation sites (tertiary alicyclic amines) is 1. The highest BCUT2D eigenvalue weighted by Crippen LogP contribution is 2.32. The molecule has 1 atom stereocenters. The molecule has 0 saturated carbocycles. The standard InChI is InChI=1S/C35H40Cl2N4O3/c1-24-17-25(2)19-29(18-24)35(44)39-15-16-40(33(22-39)28-9-10-31(36)32(37)20-28)34(43)23-41(26(3)42)30-11-13-38(14-12-30)21-27-7-5-4-6-8-27/h4-10,17-20,30,33H,11-16,21-23H2,1-3H3. The fourth-order valence-corrected chi connectivity index (χ4v) is 6.82. The number of piperazine rings is 1. The molecule has 2 saturated heterocycles. The summed E-state index contributed by atoms with van der Waals surface area (Å²) in [5.74, 6) is -0.308. The predicted octanol–water partition coefficient (Wildman–Crippen LogP) is 6.15. The van der Waals surface area contributed by atoms with Crippen LogP contribution in [0, 0.1) is 13.8 Å². The van der Waals surface area contributed by atoms with Crippen molar-refractivity contribution in [2.24, 2.45) is 0 Å². The quantitative estimate of drug-likeness (QED) is 0.313. The summed E-state index contributed by atoms with van der Waals surface area (Å²) < 4.78 is 0. The first kappa shape index (κ1) is 32.0. The minimum Gasteiger partial charge on any atom is -0.334 e. The van der Waals surface area contributed by atoms with Crippen molar-refractivity contribution >= 4 is 40.9 Å². The lowest BCUT2D eigenvalue weighted by Gasteiger charge is -2.43. The molecule has 0 N–H and O–H groups in total. The summed E-state index contributed by atoms with van der Waals surface area (Å²) in [5.41, 5.74) is 4.76. The molecule has 232 valence electrons. The van der Waals surface area contributed by atoms with Crippen LogP contribution in [0.1, 0.15) is 58.4 Å². The molecule has 1 unspecified atom stereocenters.